The standard InChI is InChI=1S/C12H20O6/c1-6-7-9(14)10(18-8(2)13)11(15)12(3,16-4)17-5/h10H,6-7H2,1-5H3/t10-/m1/s1. The largest absolute Gasteiger partial charge is 0.446 e. The molecule has 0 aromatic carbocycles. The fraction of sp³-hybridized carbons (Fsp3) is 0.750. The summed E-state index contributed by atoms with van der Waals surface area (Å²) >= 11 is 0. The summed E-state index contributed by atoms with van der Waals surface area (Å²) in [5.41, 5.74) is 0. The minimum absolute atomic E-state index is 0.146. The van der Waals surface area contributed by atoms with E-state index in [1.54, 1.807) is 6.92 Å². The molecule has 18 heavy (non-hydrogen) atoms. The molecule has 0 spiro atoms. The van der Waals surface area contributed by atoms with Crippen LogP contribution in [0.15, 0.2) is 0 Å². The summed E-state index contributed by atoms with van der Waals surface area (Å²) in [6, 6.07) is 0. The van der Waals surface area contributed by atoms with Crippen LogP contribution in [-0.4, -0.2) is 43.6 Å². The highest BCUT2D eigenvalue weighted by Crippen LogP contribution is 2.17. The Bertz CT molecular complexity index is 319. The van der Waals surface area contributed by atoms with Gasteiger partial charge in [-0.2, -0.15) is 0 Å². The van der Waals surface area contributed by atoms with Crippen LogP contribution < -0.4 is 0 Å². The van der Waals surface area contributed by atoms with Crippen molar-refractivity contribution in [3.05, 3.63) is 0 Å². The molecule has 0 aliphatic heterocycles. The summed E-state index contributed by atoms with van der Waals surface area (Å²) < 4.78 is 14.6. The Morgan fingerprint density at radius 1 is 1.17 bits per heavy atom. The molecular weight excluding hydrogens is 240 g/mol. The summed E-state index contributed by atoms with van der Waals surface area (Å²) in [7, 11) is 2.55. The van der Waals surface area contributed by atoms with Crippen molar-refractivity contribution in [2.75, 3.05) is 14.2 Å². The molecule has 0 bridgehead atoms. The average molecular weight is 260 g/mol. The monoisotopic (exact) mass is 260 g/mol. The van der Waals surface area contributed by atoms with Crippen molar-refractivity contribution in [1.29, 1.82) is 0 Å². The predicted octanol–water partition coefficient (Wildman–Crippen LogP) is 0.865. The molecule has 6 nitrogen and oxygen atoms in total. The first kappa shape index (κ1) is 16.7. The van der Waals surface area contributed by atoms with Gasteiger partial charge in [-0.05, 0) is 13.3 Å². The molecule has 0 aliphatic carbocycles. The van der Waals surface area contributed by atoms with Gasteiger partial charge in [-0.1, -0.05) is 6.92 Å². The maximum atomic E-state index is 12.1. The fourth-order valence-electron chi connectivity index (χ4n) is 1.33. The number of Topliss-reactive ketones (excluding diaryl/α,β-unsaturated/α-hetero) is 2. The van der Waals surface area contributed by atoms with Crippen molar-refractivity contribution in [3.8, 4) is 0 Å². The molecule has 0 rings (SSSR count). The van der Waals surface area contributed by atoms with Crippen LogP contribution in [0.5, 0.6) is 0 Å². The maximum absolute atomic E-state index is 12.1. The maximum Gasteiger partial charge on any atom is 0.303 e. The van der Waals surface area contributed by atoms with E-state index in [2.05, 4.69) is 0 Å². The first-order valence-electron chi connectivity index (χ1n) is 5.66. The van der Waals surface area contributed by atoms with Crippen molar-refractivity contribution in [3.63, 3.8) is 0 Å². The molecule has 0 fully saturated rings. The minimum atomic E-state index is -1.61. The van der Waals surface area contributed by atoms with Gasteiger partial charge in [0, 0.05) is 27.6 Å². The van der Waals surface area contributed by atoms with Crippen LogP contribution in [0.3, 0.4) is 0 Å². The van der Waals surface area contributed by atoms with Gasteiger partial charge < -0.3 is 14.2 Å². The Labute approximate surface area is 107 Å². The van der Waals surface area contributed by atoms with Crippen LogP contribution in [0, 0.1) is 0 Å². The molecule has 0 aromatic heterocycles. The molecule has 0 aliphatic rings. The SMILES string of the molecule is CCCC(=O)[C@@H](OC(C)=O)C(=O)C(C)(OC)OC. The van der Waals surface area contributed by atoms with E-state index in [-0.39, 0.29) is 6.42 Å². The molecule has 6 heteroatoms. The molecular formula is C12H20O6. The van der Waals surface area contributed by atoms with Crippen molar-refractivity contribution in [2.45, 2.75) is 45.5 Å². The predicted molar refractivity (Wildman–Crippen MR) is 62.9 cm³/mol. The molecule has 0 amide bonds. The van der Waals surface area contributed by atoms with Crippen LogP contribution >= 0.6 is 0 Å². The summed E-state index contributed by atoms with van der Waals surface area (Å²) in [4.78, 5) is 34.9. The molecule has 104 valence electrons. The fourth-order valence-corrected chi connectivity index (χ4v) is 1.33. The molecule has 0 N–H and O–H groups in total. The number of hydrogen-bond donors (Lipinski definition) is 0. The summed E-state index contributed by atoms with van der Waals surface area (Å²) in [5.74, 6) is -3.49. The van der Waals surface area contributed by atoms with E-state index in [1.807, 2.05) is 0 Å². The lowest BCUT2D eigenvalue weighted by Crippen LogP contribution is -2.50. The van der Waals surface area contributed by atoms with E-state index in [0.717, 1.165) is 6.92 Å². The molecule has 0 heterocycles. The quantitative estimate of drug-likeness (QED) is 0.366. The number of esters is 1. The zero-order chi connectivity index (χ0) is 14.3. The lowest BCUT2D eigenvalue weighted by atomic mass is 10.0. The van der Waals surface area contributed by atoms with Crippen LogP contribution in [0.4, 0.5) is 0 Å². The summed E-state index contributed by atoms with van der Waals surface area (Å²) in [6.07, 6.45) is -0.777. The van der Waals surface area contributed by atoms with Crippen LogP contribution in [0.25, 0.3) is 0 Å². The Morgan fingerprint density at radius 3 is 2.00 bits per heavy atom. The second-order valence-electron chi connectivity index (χ2n) is 3.92. The number of carbonyl (C=O) groups is 3. The Morgan fingerprint density at radius 2 is 1.67 bits per heavy atom. The Hall–Kier alpha value is -1.27. The number of methoxy groups -OCH3 is 2. The summed E-state index contributed by atoms with van der Waals surface area (Å²) in [6.45, 7) is 4.29. The van der Waals surface area contributed by atoms with Crippen molar-refractivity contribution < 1.29 is 28.6 Å². The lowest BCUT2D eigenvalue weighted by molar-refractivity contribution is -0.208. The van der Waals surface area contributed by atoms with Crippen LogP contribution in [0.2, 0.25) is 0 Å². The highest BCUT2D eigenvalue weighted by molar-refractivity contribution is 6.09. The van der Waals surface area contributed by atoms with E-state index < -0.39 is 29.4 Å². The van der Waals surface area contributed by atoms with Gasteiger partial charge >= 0.3 is 5.97 Å². The normalized spacial score (nSPS) is 12.9. The van der Waals surface area contributed by atoms with Gasteiger partial charge in [0.15, 0.2) is 5.78 Å². The van der Waals surface area contributed by atoms with Gasteiger partial charge in [0.05, 0.1) is 0 Å². The van der Waals surface area contributed by atoms with Gasteiger partial charge in [-0.25, -0.2) is 0 Å². The Balaban J connectivity index is 5.12. The number of carbonyl (C=O) groups excluding carboxylic acids is 3. The van der Waals surface area contributed by atoms with Crippen LogP contribution in [0.1, 0.15) is 33.6 Å². The van der Waals surface area contributed by atoms with Gasteiger partial charge in [0.1, 0.15) is 0 Å². The van der Waals surface area contributed by atoms with E-state index in [4.69, 9.17) is 14.2 Å². The van der Waals surface area contributed by atoms with Gasteiger partial charge in [0.2, 0.25) is 17.7 Å². The third kappa shape index (κ3) is 4.19. The smallest absolute Gasteiger partial charge is 0.303 e. The van der Waals surface area contributed by atoms with E-state index in [9.17, 15) is 14.4 Å². The van der Waals surface area contributed by atoms with E-state index in [0.29, 0.717) is 6.42 Å². The molecule has 1 atom stereocenters. The summed E-state index contributed by atoms with van der Waals surface area (Å²) in [5, 5.41) is 0. The van der Waals surface area contributed by atoms with Gasteiger partial charge in [-0.3, -0.25) is 14.4 Å². The molecule has 0 saturated heterocycles. The highest BCUT2D eigenvalue weighted by Gasteiger charge is 2.43. The lowest BCUT2D eigenvalue weighted by Gasteiger charge is -2.28. The number of ether oxygens (including phenoxy) is 3. The average Bonchev–Trinajstić information content (AvgIpc) is 2.34. The van der Waals surface area contributed by atoms with Crippen LogP contribution in [-0.2, 0) is 28.6 Å². The van der Waals surface area contributed by atoms with Crippen molar-refractivity contribution >= 4 is 17.5 Å². The number of rotatable bonds is 8. The highest BCUT2D eigenvalue weighted by atomic mass is 16.7. The zero-order valence-corrected chi connectivity index (χ0v) is 11.4. The van der Waals surface area contributed by atoms with Crippen molar-refractivity contribution in [1.82, 2.24) is 0 Å². The first-order chi connectivity index (χ1) is 8.32. The minimum Gasteiger partial charge on any atom is -0.446 e. The Kier molecular flexibility index (Phi) is 6.72. The first-order valence-corrected chi connectivity index (χ1v) is 5.66. The van der Waals surface area contributed by atoms with E-state index >= 15 is 0 Å². The second kappa shape index (κ2) is 7.23. The zero-order valence-electron chi connectivity index (χ0n) is 11.4. The molecule has 0 aromatic rings. The van der Waals surface area contributed by atoms with E-state index in [1.165, 1.54) is 21.1 Å². The molecule has 0 radical (unpaired) electrons. The third-order valence-electron chi connectivity index (χ3n) is 2.54. The third-order valence-corrected chi connectivity index (χ3v) is 2.54. The topological polar surface area (TPSA) is 78.9 Å². The van der Waals surface area contributed by atoms with Gasteiger partial charge in [-0.15, -0.1) is 0 Å². The molecule has 0 unspecified atom stereocenters. The number of hydrogen-bond acceptors (Lipinski definition) is 6. The van der Waals surface area contributed by atoms with Gasteiger partial charge in [0.25, 0.3) is 0 Å². The number of ketones is 2. The second-order valence-corrected chi connectivity index (χ2v) is 3.92. The van der Waals surface area contributed by atoms with Crippen molar-refractivity contribution in [2.24, 2.45) is 0 Å². The molecule has 0 saturated carbocycles.